The Kier molecular flexibility index (Phi) is 7.21. The highest BCUT2D eigenvalue weighted by Crippen LogP contribution is 2.29. The molecular formula is C22H26Cl2N4O2. The Balaban J connectivity index is 1.75. The molecule has 30 heavy (non-hydrogen) atoms. The molecule has 8 heteroatoms. The monoisotopic (exact) mass is 448 g/mol. The fourth-order valence-electron chi connectivity index (χ4n) is 3.67. The summed E-state index contributed by atoms with van der Waals surface area (Å²) >= 11 is 12.0. The van der Waals surface area contributed by atoms with Crippen LogP contribution >= 0.6 is 23.2 Å². The number of anilines is 2. The Labute approximate surface area is 187 Å². The molecule has 0 spiro atoms. The number of nitrogens with one attached hydrogen (secondary N) is 1. The summed E-state index contributed by atoms with van der Waals surface area (Å²) in [5, 5.41) is 3.78. The number of benzene rings is 1. The van der Waals surface area contributed by atoms with Crippen LogP contribution in [0, 0.1) is 5.92 Å². The van der Waals surface area contributed by atoms with E-state index in [-0.39, 0.29) is 23.8 Å². The van der Waals surface area contributed by atoms with Gasteiger partial charge >= 0.3 is 0 Å². The van der Waals surface area contributed by atoms with E-state index in [1.807, 2.05) is 31.9 Å². The second-order valence-electron chi connectivity index (χ2n) is 7.80. The number of pyridine rings is 1. The average molecular weight is 449 g/mol. The van der Waals surface area contributed by atoms with Crippen molar-refractivity contribution in [3.63, 3.8) is 0 Å². The van der Waals surface area contributed by atoms with Crippen LogP contribution in [-0.4, -0.2) is 47.9 Å². The van der Waals surface area contributed by atoms with Gasteiger partial charge in [-0.3, -0.25) is 9.59 Å². The van der Waals surface area contributed by atoms with Gasteiger partial charge in [-0.25, -0.2) is 4.98 Å². The van der Waals surface area contributed by atoms with Gasteiger partial charge in [0.25, 0.3) is 5.91 Å². The molecule has 0 unspecified atom stereocenters. The molecule has 1 N–H and O–H groups in total. The Morgan fingerprint density at radius 3 is 2.40 bits per heavy atom. The molecule has 1 aliphatic heterocycles. The quantitative estimate of drug-likeness (QED) is 0.717. The zero-order valence-corrected chi connectivity index (χ0v) is 18.9. The number of piperidine rings is 1. The topological polar surface area (TPSA) is 65.5 Å². The summed E-state index contributed by atoms with van der Waals surface area (Å²) in [6.45, 7) is 5.29. The van der Waals surface area contributed by atoms with Crippen molar-refractivity contribution >= 4 is 46.5 Å². The number of nitrogens with zero attached hydrogens (tertiary/aromatic N) is 3. The Morgan fingerprint density at radius 1 is 1.13 bits per heavy atom. The van der Waals surface area contributed by atoms with Crippen LogP contribution in [0.15, 0.2) is 36.5 Å². The van der Waals surface area contributed by atoms with Crippen LogP contribution in [0.3, 0.4) is 0 Å². The minimum atomic E-state index is -0.290. The predicted molar refractivity (Wildman–Crippen MR) is 121 cm³/mol. The third kappa shape index (κ3) is 5.24. The molecule has 6 nitrogen and oxygen atoms in total. The van der Waals surface area contributed by atoms with Crippen molar-refractivity contribution in [2.45, 2.75) is 32.7 Å². The van der Waals surface area contributed by atoms with E-state index >= 15 is 0 Å². The maximum atomic E-state index is 13.0. The van der Waals surface area contributed by atoms with Crippen molar-refractivity contribution in [3.05, 3.63) is 52.1 Å². The fraction of sp³-hybridized carbons (Fsp3) is 0.409. The van der Waals surface area contributed by atoms with Gasteiger partial charge in [0.15, 0.2) is 0 Å². The number of rotatable bonds is 5. The van der Waals surface area contributed by atoms with Gasteiger partial charge in [-0.2, -0.15) is 0 Å². The minimum Gasteiger partial charge on any atom is -0.371 e. The van der Waals surface area contributed by atoms with Crippen LogP contribution in [0.5, 0.6) is 0 Å². The Bertz CT molecular complexity index is 910. The summed E-state index contributed by atoms with van der Waals surface area (Å²) < 4.78 is 0. The molecule has 160 valence electrons. The highest BCUT2D eigenvalue weighted by atomic mass is 35.5. The van der Waals surface area contributed by atoms with Crippen molar-refractivity contribution < 1.29 is 9.59 Å². The lowest BCUT2D eigenvalue weighted by Crippen LogP contribution is -2.47. The summed E-state index contributed by atoms with van der Waals surface area (Å²) in [7, 11) is 1.98. The molecular weight excluding hydrogens is 423 g/mol. The number of amides is 2. The van der Waals surface area contributed by atoms with Crippen molar-refractivity contribution in [2.24, 2.45) is 5.92 Å². The lowest BCUT2D eigenvalue weighted by molar-refractivity contribution is -0.135. The van der Waals surface area contributed by atoms with Crippen LogP contribution in [0.2, 0.25) is 10.0 Å². The van der Waals surface area contributed by atoms with E-state index in [1.54, 1.807) is 24.3 Å². The van der Waals surface area contributed by atoms with Gasteiger partial charge in [-0.15, -0.1) is 0 Å². The first-order valence-electron chi connectivity index (χ1n) is 10.0. The lowest BCUT2D eigenvalue weighted by Gasteiger charge is -2.39. The van der Waals surface area contributed by atoms with Gasteiger partial charge in [0.05, 0.1) is 10.6 Å². The number of halogens is 2. The molecule has 2 heterocycles. The first-order valence-corrected chi connectivity index (χ1v) is 10.8. The third-order valence-electron chi connectivity index (χ3n) is 5.37. The predicted octanol–water partition coefficient (Wildman–Crippen LogP) is 4.72. The molecule has 1 aromatic heterocycles. The first kappa shape index (κ1) is 22.4. The second kappa shape index (κ2) is 9.67. The zero-order valence-electron chi connectivity index (χ0n) is 17.4. The van der Waals surface area contributed by atoms with Crippen LogP contribution in [0.4, 0.5) is 11.5 Å². The number of hydrogen-bond acceptors (Lipinski definition) is 4. The normalized spacial score (nSPS) is 14.7. The maximum absolute atomic E-state index is 13.0. The Hall–Kier alpha value is -2.31. The molecule has 0 saturated carbocycles. The highest BCUT2D eigenvalue weighted by Gasteiger charge is 2.28. The van der Waals surface area contributed by atoms with E-state index in [1.165, 1.54) is 6.20 Å². The van der Waals surface area contributed by atoms with E-state index in [0.717, 1.165) is 31.6 Å². The number of hydrogen-bond donors (Lipinski definition) is 1. The summed E-state index contributed by atoms with van der Waals surface area (Å²) in [5.74, 6) is 0.325. The average Bonchev–Trinajstić information content (AvgIpc) is 2.74. The van der Waals surface area contributed by atoms with E-state index in [2.05, 4.69) is 15.2 Å². The van der Waals surface area contributed by atoms with Crippen LogP contribution in [-0.2, 0) is 4.79 Å². The van der Waals surface area contributed by atoms with Gasteiger partial charge in [-0.05, 0) is 43.2 Å². The summed E-state index contributed by atoms with van der Waals surface area (Å²) in [6, 6.07) is 8.84. The van der Waals surface area contributed by atoms with Gasteiger partial charge in [0, 0.05) is 49.0 Å². The SMILES string of the molecule is CC(C)C(=O)N1CCC(N(C)c2ccc(Cl)cc2C(=O)Nc2ccc(Cl)cn2)CC1. The number of aromatic nitrogens is 1. The fourth-order valence-corrected chi connectivity index (χ4v) is 3.95. The third-order valence-corrected chi connectivity index (χ3v) is 5.83. The van der Waals surface area contributed by atoms with Gasteiger partial charge in [-0.1, -0.05) is 37.0 Å². The lowest BCUT2D eigenvalue weighted by atomic mass is 10.00. The molecule has 0 radical (unpaired) electrons. The van der Waals surface area contributed by atoms with E-state index in [0.29, 0.717) is 21.4 Å². The molecule has 1 fully saturated rings. The molecule has 0 atom stereocenters. The second-order valence-corrected chi connectivity index (χ2v) is 8.67. The smallest absolute Gasteiger partial charge is 0.258 e. The summed E-state index contributed by atoms with van der Waals surface area (Å²) in [4.78, 5) is 33.4. The molecule has 0 bridgehead atoms. The standard InChI is InChI=1S/C22H26Cl2N4O2/c1-14(2)22(30)28-10-8-17(9-11-28)27(3)19-6-4-15(23)12-18(19)21(29)26-20-7-5-16(24)13-25-20/h4-7,12-14,17H,8-11H2,1-3H3,(H,25,26,29). The van der Waals surface area contributed by atoms with Crippen LogP contribution in [0.25, 0.3) is 0 Å². The van der Waals surface area contributed by atoms with E-state index in [9.17, 15) is 9.59 Å². The van der Waals surface area contributed by atoms with Crippen molar-refractivity contribution in [3.8, 4) is 0 Å². The zero-order chi connectivity index (χ0) is 21.8. The minimum absolute atomic E-state index is 0.00678. The molecule has 1 aromatic carbocycles. The molecule has 2 amide bonds. The largest absolute Gasteiger partial charge is 0.371 e. The highest BCUT2D eigenvalue weighted by molar-refractivity contribution is 6.31. The van der Waals surface area contributed by atoms with Gasteiger partial charge < -0.3 is 15.1 Å². The number of carbonyl (C=O) groups is 2. The summed E-state index contributed by atoms with van der Waals surface area (Å²) in [6.07, 6.45) is 3.17. The number of carbonyl (C=O) groups excluding carboxylic acids is 2. The van der Waals surface area contributed by atoms with E-state index in [4.69, 9.17) is 23.2 Å². The van der Waals surface area contributed by atoms with Crippen LogP contribution < -0.4 is 10.2 Å². The summed E-state index contributed by atoms with van der Waals surface area (Å²) in [5.41, 5.74) is 1.27. The van der Waals surface area contributed by atoms with E-state index < -0.39 is 0 Å². The molecule has 2 aromatic rings. The maximum Gasteiger partial charge on any atom is 0.258 e. The van der Waals surface area contributed by atoms with Crippen molar-refractivity contribution in [1.82, 2.24) is 9.88 Å². The molecule has 0 aliphatic carbocycles. The molecule has 1 saturated heterocycles. The Morgan fingerprint density at radius 2 is 1.80 bits per heavy atom. The van der Waals surface area contributed by atoms with Crippen molar-refractivity contribution in [2.75, 3.05) is 30.4 Å². The van der Waals surface area contributed by atoms with Gasteiger partial charge in [0.1, 0.15) is 5.82 Å². The van der Waals surface area contributed by atoms with Gasteiger partial charge in [0.2, 0.25) is 5.91 Å². The first-order chi connectivity index (χ1) is 14.3. The van der Waals surface area contributed by atoms with Crippen molar-refractivity contribution in [1.29, 1.82) is 0 Å². The molecule has 3 rings (SSSR count). The van der Waals surface area contributed by atoms with Crippen LogP contribution in [0.1, 0.15) is 37.0 Å². The number of likely N-dealkylation sites (tertiary alicyclic amines) is 1. The molecule has 1 aliphatic rings.